The van der Waals surface area contributed by atoms with Gasteiger partial charge in [0.05, 0.1) is 12.4 Å². The lowest BCUT2D eigenvalue weighted by atomic mass is 10.1. The number of aryl methyl sites for hydroxylation is 2. The fourth-order valence-electron chi connectivity index (χ4n) is 1.23. The van der Waals surface area contributed by atoms with Crippen LogP contribution < -0.4 is 4.74 Å². The van der Waals surface area contributed by atoms with E-state index < -0.39 is 16.0 Å². The number of rotatable bonds is 5. The normalized spacial score (nSPS) is 11.4. The summed E-state index contributed by atoms with van der Waals surface area (Å²) < 4.78 is 37.9. The molecule has 3 nitrogen and oxygen atoms in total. The maximum Gasteiger partial charge on any atom is 0.302 e. The molecule has 0 amide bonds. The molecule has 0 N–H and O–H groups in total. The van der Waals surface area contributed by atoms with Crippen molar-refractivity contribution in [3.05, 3.63) is 29.3 Å². The van der Waals surface area contributed by atoms with Gasteiger partial charge in [-0.2, -0.15) is 8.42 Å². The summed E-state index contributed by atoms with van der Waals surface area (Å²) >= 11 is 0. The lowest BCUT2D eigenvalue weighted by Crippen LogP contribution is -2.05. The molecule has 0 aliphatic carbocycles. The summed E-state index contributed by atoms with van der Waals surface area (Å²) in [7, 11) is -4.37. The van der Waals surface area contributed by atoms with Gasteiger partial charge in [-0.1, -0.05) is 6.07 Å². The van der Waals surface area contributed by atoms with Crippen molar-refractivity contribution < 1.29 is 17.0 Å². The molecule has 0 aromatic heterocycles. The van der Waals surface area contributed by atoms with Crippen molar-refractivity contribution in [2.24, 2.45) is 0 Å². The summed E-state index contributed by atoms with van der Waals surface area (Å²) in [6.45, 7) is 4.16. The second-order valence-electron chi connectivity index (χ2n) is 3.69. The second-order valence-corrected chi connectivity index (χ2v) is 5.18. The molecule has 1 aromatic carbocycles. The average molecular weight is 246 g/mol. The lowest BCUT2D eigenvalue weighted by Gasteiger charge is -2.07. The summed E-state index contributed by atoms with van der Waals surface area (Å²) in [6.07, 6.45) is 0.158. The van der Waals surface area contributed by atoms with Crippen molar-refractivity contribution in [3.63, 3.8) is 0 Å². The molecule has 0 fully saturated rings. The van der Waals surface area contributed by atoms with Crippen molar-refractivity contribution in [1.29, 1.82) is 0 Å². The van der Waals surface area contributed by atoms with Crippen LogP contribution in [0.25, 0.3) is 0 Å². The Labute approximate surface area is 95.5 Å². The number of hydrogen-bond donors (Lipinski definition) is 0. The highest BCUT2D eigenvalue weighted by Crippen LogP contribution is 2.16. The molecule has 0 saturated heterocycles. The molecule has 5 heteroatoms. The van der Waals surface area contributed by atoms with E-state index in [0.29, 0.717) is 5.75 Å². The minimum atomic E-state index is -4.37. The molecule has 0 radical (unpaired) electrons. The highest BCUT2D eigenvalue weighted by molar-refractivity contribution is 7.86. The van der Waals surface area contributed by atoms with Gasteiger partial charge in [-0.05, 0) is 43.5 Å². The first kappa shape index (κ1) is 13.0. The Morgan fingerprint density at radius 3 is 2.50 bits per heavy atom. The van der Waals surface area contributed by atoms with Crippen LogP contribution in [0.1, 0.15) is 17.5 Å². The molecule has 1 rings (SSSR count). The number of benzene rings is 1. The molecule has 0 heterocycles. The van der Waals surface area contributed by atoms with E-state index in [0.717, 1.165) is 5.56 Å². The Morgan fingerprint density at radius 1 is 1.25 bits per heavy atom. The van der Waals surface area contributed by atoms with E-state index in [1.165, 1.54) is 5.56 Å². The molecule has 0 atom stereocenters. The molecule has 0 aliphatic rings. The SMILES string of the molecule is Cc1ccc(OCCCS(=O)(=O)F)cc1C. The minimum absolute atomic E-state index is 0.158. The maximum absolute atomic E-state index is 12.1. The van der Waals surface area contributed by atoms with Crippen LogP contribution >= 0.6 is 0 Å². The van der Waals surface area contributed by atoms with Gasteiger partial charge in [-0.15, -0.1) is 3.89 Å². The second kappa shape index (κ2) is 5.30. The van der Waals surface area contributed by atoms with Crippen LogP contribution in [0.5, 0.6) is 5.75 Å². The first-order valence-corrected chi connectivity index (χ1v) is 6.56. The molecule has 0 saturated carbocycles. The summed E-state index contributed by atoms with van der Waals surface area (Å²) in [5.41, 5.74) is 2.27. The van der Waals surface area contributed by atoms with Crippen LogP contribution in [0.4, 0.5) is 3.89 Å². The fourth-order valence-corrected chi connectivity index (χ4v) is 1.69. The standard InChI is InChI=1S/C11H15FO3S/c1-9-4-5-11(8-10(9)2)15-6-3-7-16(12,13)14/h4-5,8H,3,6-7H2,1-2H3. The lowest BCUT2D eigenvalue weighted by molar-refractivity contribution is 0.317. The Kier molecular flexibility index (Phi) is 4.29. The summed E-state index contributed by atoms with van der Waals surface area (Å²) in [5, 5.41) is 0. The van der Waals surface area contributed by atoms with Gasteiger partial charge >= 0.3 is 10.2 Å². The first-order valence-electron chi connectivity index (χ1n) is 5.01. The minimum Gasteiger partial charge on any atom is -0.494 e. The van der Waals surface area contributed by atoms with Crippen molar-refractivity contribution in [1.82, 2.24) is 0 Å². The summed E-state index contributed by atoms with van der Waals surface area (Å²) in [4.78, 5) is 0. The monoisotopic (exact) mass is 246 g/mol. The van der Waals surface area contributed by atoms with E-state index in [4.69, 9.17) is 4.74 Å². The third kappa shape index (κ3) is 4.61. The van der Waals surface area contributed by atoms with E-state index in [1.54, 1.807) is 0 Å². The van der Waals surface area contributed by atoms with Crippen LogP contribution in [0, 0.1) is 13.8 Å². The molecular formula is C11H15FO3S. The van der Waals surface area contributed by atoms with E-state index >= 15 is 0 Å². The Hall–Kier alpha value is -1.10. The Morgan fingerprint density at radius 2 is 1.94 bits per heavy atom. The van der Waals surface area contributed by atoms with E-state index in [2.05, 4.69) is 0 Å². The van der Waals surface area contributed by atoms with Gasteiger partial charge in [0.1, 0.15) is 5.75 Å². The summed E-state index contributed by atoms with van der Waals surface area (Å²) in [6, 6.07) is 5.61. The van der Waals surface area contributed by atoms with Crippen molar-refractivity contribution in [2.45, 2.75) is 20.3 Å². The molecule has 0 unspecified atom stereocenters. The van der Waals surface area contributed by atoms with E-state index in [-0.39, 0.29) is 13.0 Å². The molecule has 1 aromatic rings. The molecule has 0 bridgehead atoms. The van der Waals surface area contributed by atoms with Crippen LogP contribution in [0.3, 0.4) is 0 Å². The predicted octanol–water partition coefficient (Wildman–Crippen LogP) is 2.37. The molecule has 0 aliphatic heterocycles. The zero-order valence-corrected chi connectivity index (χ0v) is 10.2. The number of hydrogen-bond acceptors (Lipinski definition) is 3. The molecule has 0 spiro atoms. The highest BCUT2D eigenvalue weighted by atomic mass is 32.3. The third-order valence-corrected chi connectivity index (χ3v) is 3.06. The zero-order chi connectivity index (χ0) is 12.2. The van der Waals surface area contributed by atoms with Crippen LogP contribution in [-0.2, 0) is 10.2 Å². The first-order chi connectivity index (χ1) is 7.38. The van der Waals surface area contributed by atoms with Gasteiger partial charge in [-0.25, -0.2) is 0 Å². The van der Waals surface area contributed by atoms with Gasteiger partial charge in [0.25, 0.3) is 0 Å². The quantitative estimate of drug-likeness (QED) is 0.591. The Bertz CT molecular complexity index is 454. The third-order valence-electron chi connectivity index (χ3n) is 2.28. The smallest absolute Gasteiger partial charge is 0.302 e. The van der Waals surface area contributed by atoms with Gasteiger partial charge in [0.2, 0.25) is 0 Å². The van der Waals surface area contributed by atoms with Crippen LogP contribution in [0.15, 0.2) is 18.2 Å². The van der Waals surface area contributed by atoms with E-state index in [1.807, 2.05) is 32.0 Å². The molecule has 90 valence electrons. The molecule has 16 heavy (non-hydrogen) atoms. The Balaban J connectivity index is 2.41. The van der Waals surface area contributed by atoms with Crippen molar-refractivity contribution in [3.8, 4) is 5.75 Å². The average Bonchev–Trinajstić information content (AvgIpc) is 2.17. The van der Waals surface area contributed by atoms with Crippen molar-refractivity contribution >= 4 is 10.2 Å². The van der Waals surface area contributed by atoms with Gasteiger partial charge in [-0.3, -0.25) is 0 Å². The van der Waals surface area contributed by atoms with Gasteiger partial charge in [0, 0.05) is 0 Å². The number of halogens is 1. The van der Waals surface area contributed by atoms with Gasteiger partial charge < -0.3 is 4.74 Å². The number of ether oxygens (including phenoxy) is 1. The zero-order valence-electron chi connectivity index (χ0n) is 9.36. The van der Waals surface area contributed by atoms with Crippen LogP contribution in [0.2, 0.25) is 0 Å². The maximum atomic E-state index is 12.1. The highest BCUT2D eigenvalue weighted by Gasteiger charge is 2.06. The largest absolute Gasteiger partial charge is 0.494 e. The summed E-state index contributed by atoms with van der Waals surface area (Å²) in [5.74, 6) is 0.192. The van der Waals surface area contributed by atoms with E-state index in [9.17, 15) is 12.3 Å². The topological polar surface area (TPSA) is 43.4 Å². The van der Waals surface area contributed by atoms with Crippen molar-refractivity contribution in [2.75, 3.05) is 12.4 Å². The van der Waals surface area contributed by atoms with Gasteiger partial charge in [0.15, 0.2) is 0 Å². The van der Waals surface area contributed by atoms with Crippen LogP contribution in [-0.4, -0.2) is 20.8 Å². The fraction of sp³-hybridized carbons (Fsp3) is 0.455. The predicted molar refractivity (Wildman–Crippen MR) is 60.9 cm³/mol. The molecular weight excluding hydrogens is 231 g/mol.